The van der Waals surface area contributed by atoms with Crippen molar-refractivity contribution in [1.82, 2.24) is 4.90 Å². The Morgan fingerprint density at radius 3 is 2.43 bits per heavy atom. The van der Waals surface area contributed by atoms with Crippen LogP contribution in [0.1, 0.15) is 18.4 Å². The van der Waals surface area contributed by atoms with Crippen LogP contribution in [0.2, 0.25) is 0 Å². The van der Waals surface area contributed by atoms with Crippen LogP contribution in [-0.2, 0) is 11.2 Å². The summed E-state index contributed by atoms with van der Waals surface area (Å²) in [6, 6.07) is 7.24. The van der Waals surface area contributed by atoms with Crippen LogP contribution in [-0.4, -0.2) is 29.8 Å². The predicted molar refractivity (Wildman–Crippen MR) is 67.2 cm³/mol. The van der Waals surface area contributed by atoms with Gasteiger partial charge >= 0.3 is 6.36 Å². The van der Waals surface area contributed by atoms with Crippen molar-refractivity contribution in [3.63, 3.8) is 0 Å². The van der Waals surface area contributed by atoms with E-state index in [1.165, 1.54) is 29.2 Å². The maximum atomic E-state index is 12.1. The molecule has 21 heavy (non-hydrogen) atoms. The fraction of sp³-hybridized carbons (Fsp3) is 0.429. The Labute approximate surface area is 119 Å². The van der Waals surface area contributed by atoms with Gasteiger partial charge in [0.2, 0.25) is 5.91 Å². The van der Waals surface area contributed by atoms with Crippen LogP contribution in [0.5, 0.6) is 5.75 Å². The van der Waals surface area contributed by atoms with Crippen LogP contribution >= 0.6 is 0 Å². The van der Waals surface area contributed by atoms with Crippen LogP contribution in [0.3, 0.4) is 0 Å². The van der Waals surface area contributed by atoms with Crippen molar-refractivity contribution in [2.45, 2.75) is 31.7 Å². The van der Waals surface area contributed by atoms with Crippen molar-refractivity contribution in [2.24, 2.45) is 0 Å². The Kier molecular flexibility index (Phi) is 4.36. The van der Waals surface area contributed by atoms with E-state index in [0.717, 1.165) is 12.8 Å². The summed E-state index contributed by atoms with van der Waals surface area (Å²) in [5.74, 6) is -0.515. The van der Waals surface area contributed by atoms with Crippen molar-refractivity contribution in [2.75, 3.05) is 6.54 Å². The van der Waals surface area contributed by atoms with Gasteiger partial charge < -0.3 is 9.64 Å². The van der Waals surface area contributed by atoms with Gasteiger partial charge in [-0.3, -0.25) is 4.79 Å². The van der Waals surface area contributed by atoms with Gasteiger partial charge in [-0.05, 0) is 30.5 Å². The highest BCUT2D eigenvalue weighted by Gasteiger charge is 2.32. The number of nitrogens with zero attached hydrogens (tertiary/aromatic N) is 2. The first-order valence-electron chi connectivity index (χ1n) is 6.40. The molecule has 0 aliphatic heterocycles. The molecule has 0 bridgehead atoms. The summed E-state index contributed by atoms with van der Waals surface area (Å²) in [6.45, 7) is 0.0404. The predicted octanol–water partition coefficient (Wildman–Crippen LogP) is 2.64. The van der Waals surface area contributed by atoms with E-state index in [-0.39, 0.29) is 30.7 Å². The lowest BCUT2D eigenvalue weighted by Gasteiger charge is -2.19. The highest BCUT2D eigenvalue weighted by molar-refractivity contribution is 5.79. The molecule has 0 unspecified atom stereocenters. The molecule has 0 aromatic heterocycles. The van der Waals surface area contributed by atoms with Gasteiger partial charge in [-0.1, -0.05) is 12.1 Å². The number of benzene rings is 1. The van der Waals surface area contributed by atoms with E-state index in [1.54, 1.807) is 0 Å². The number of carbonyl (C=O) groups is 1. The van der Waals surface area contributed by atoms with E-state index >= 15 is 0 Å². The largest absolute Gasteiger partial charge is 0.573 e. The van der Waals surface area contributed by atoms with Crippen LogP contribution in [0.25, 0.3) is 0 Å². The van der Waals surface area contributed by atoms with Crippen LogP contribution in [0.15, 0.2) is 24.3 Å². The second-order valence-electron chi connectivity index (χ2n) is 4.78. The SMILES string of the molecule is N#CCN(C(=O)Cc1ccc(OC(F)(F)F)cc1)C1CC1. The minimum absolute atomic E-state index is 0.0404. The number of halogens is 3. The van der Waals surface area contributed by atoms with Gasteiger partial charge in [-0.25, -0.2) is 0 Å². The smallest absolute Gasteiger partial charge is 0.406 e. The summed E-state index contributed by atoms with van der Waals surface area (Å²) in [6.07, 6.45) is -2.88. The van der Waals surface area contributed by atoms with Gasteiger partial charge in [0, 0.05) is 6.04 Å². The second kappa shape index (κ2) is 6.04. The van der Waals surface area contributed by atoms with Gasteiger partial charge in [0.1, 0.15) is 12.3 Å². The molecule has 1 aliphatic carbocycles. The third-order valence-corrected chi connectivity index (χ3v) is 3.06. The standard InChI is InChI=1S/C14H13F3N2O2/c15-14(16,17)21-12-5-1-10(2-6-12)9-13(20)19(8-7-18)11-3-4-11/h1-2,5-6,11H,3-4,8-9H2. The van der Waals surface area contributed by atoms with Gasteiger partial charge in [-0.15, -0.1) is 13.2 Å². The molecule has 0 spiro atoms. The zero-order chi connectivity index (χ0) is 15.5. The van der Waals surface area contributed by atoms with Crippen molar-refractivity contribution < 1.29 is 22.7 Å². The first-order chi connectivity index (χ1) is 9.89. The first kappa shape index (κ1) is 15.2. The maximum Gasteiger partial charge on any atom is 0.573 e. The normalized spacial score (nSPS) is 14.4. The fourth-order valence-corrected chi connectivity index (χ4v) is 1.97. The third kappa shape index (κ3) is 4.67. The molecule has 0 radical (unpaired) electrons. The lowest BCUT2D eigenvalue weighted by molar-refractivity contribution is -0.274. The Balaban J connectivity index is 1.96. The Bertz CT molecular complexity index is 545. The molecule has 7 heteroatoms. The zero-order valence-corrected chi connectivity index (χ0v) is 11.1. The minimum Gasteiger partial charge on any atom is -0.406 e. The Hall–Kier alpha value is -2.23. The molecule has 1 aromatic carbocycles. The van der Waals surface area contributed by atoms with Crippen molar-refractivity contribution in [1.29, 1.82) is 5.26 Å². The van der Waals surface area contributed by atoms with Gasteiger partial charge in [0.05, 0.1) is 12.5 Å². The fourth-order valence-electron chi connectivity index (χ4n) is 1.97. The lowest BCUT2D eigenvalue weighted by Crippen LogP contribution is -2.34. The number of alkyl halides is 3. The third-order valence-electron chi connectivity index (χ3n) is 3.06. The van der Waals surface area contributed by atoms with Gasteiger partial charge in [-0.2, -0.15) is 5.26 Å². The maximum absolute atomic E-state index is 12.1. The highest BCUT2D eigenvalue weighted by Crippen LogP contribution is 2.27. The molecule has 4 nitrogen and oxygen atoms in total. The molecular weight excluding hydrogens is 285 g/mol. The van der Waals surface area contributed by atoms with E-state index in [9.17, 15) is 18.0 Å². The lowest BCUT2D eigenvalue weighted by atomic mass is 10.1. The number of amides is 1. The number of ether oxygens (including phenoxy) is 1. The van der Waals surface area contributed by atoms with E-state index in [4.69, 9.17) is 5.26 Å². The molecule has 1 saturated carbocycles. The molecule has 1 fully saturated rings. The second-order valence-corrected chi connectivity index (χ2v) is 4.78. The summed E-state index contributed by atoms with van der Waals surface area (Å²) in [7, 11) is 0. The topological polar surface area (TPSA) is 53.3 Å². The summed E-state index contributed by atoms with van der Waals surface area (Å²) >= 11 is 0. The van der Waals surface area contributed by atoms with Crippen molar-refractivity contribution >= 4 is 5.91 Å². The molecule has 0 atom stereocenters. The van der Waals surface area contributed by atoms with E-state index in [2.05, 4.69) is 4.74 Å². The number of carbonyl (C=O) groups excluding carboxylic acids is 1. The summed E-state index contributed by atoms with van der Waals surface area (Å²) in [5, 5.41) is 8.71. The first-order valence-corrected chi connectivity index (χ1v) is 6.40. The zero-order valence-electron chi connectivity index (χ0n) is 11.1. The number of hydrogen-bond donors (Lipinski definition) is 0. The molecule has 0 heterocycles. The van der Waals surface area contributed by atoms with E-state index in [0.29, 0.717) is 5.56 Å². The molecule has 1 amide bonds. The number of nitriles is 1. The quantitative estimate of drug-likeness (QED) is 0.785. The van der Waals surface area contributed by atoms with E-state index in [1.807, 2.05) is 6.07 Å². The van der Waals surface area contributed by atoms with Crippen LogP contribution in [0.4, 0.5) is 13.2 Å². The highest BCUT2D eigenvalue weighted by atomic mass is 19.4. The average Bonchev–Trinajstić information content (AvgIpc) is 3.20. The van der Waals surface area contributed by atoms with E-state index < -0.39 is 6.36 Å². The monoisotopic (exact) mass is 298 g/mol. The molecule has 1 aliphatic rings. The van der Waals surface area contributed by atoms with Crippen LogP contribution < -0.4 is 4.74 Å². The molecular formula is C14H13F3N2O2. The van der Waals surface area contributed by atoms with Crippen molar-refractivity contribution in [3.05, 3.63) is 29.8 Å². The Morgan fingerprint density at radius 1 is 1.33 bits per heavy atom. The summed E-state index contributed by atoms with van der Waals surface area (Å²) in [4.78, 5) is 13.6. The van der Waals surface area contributed by atoms with Crippen LogP contribution in [0, 0.1) is 11.3 Å². The molecule has 0 saturated heterocycles. The molecule has 0 N–H and O–H groups in total. The molecule has 112 valence electrons. The molecule has 2 rings (SSSR count). The summed E-state index contributed by atoms with van der Waals surface area (Å²) < 4.78 is 39.8. The number of hydrogen-bond acceptors (Lipinski definition) is 3. The van der Waals surface area contributed by atoms with Gasteiger partial charge in [0.25, 0.3) is 0 Å². The number of rotatable bonds is 5. The Morgan fingerprint density at radius 2 is 1.95 bits per heavy atom. The minimum atomic E-state index is -4.73. The average molecular weight is 298 g/mol. The van der Waals surface area contributed by atoms with Crippen molar-refractivity contribution in [3.8, 4) is 11.8 Å². The summed E-state index contributed by atoms with van der Waals surface area (Å²) in [5.41, 5.74) is 0.582. The molecule has 1 aromatic rings. The van der Waals surface area contributed by atoms with Gasteiger partial charge in [0.15, 0.2) is 0 Å².